The van der Waals surface area contributed by atoms with E-state index in [1.807, 2.05) is 6.92 Å². The summed E-state index contributed by atoms with van der Waals surface area (Å²) in [7, 11) is -3.72. The van der Waals surface area contributed by atoms with Crippen molar-refractivity contribution in [2.75, 3.05) is 5.75 Å². The minimum atomic E-state index is -3.72. The van der Waals surface area contributed by atoms with Crippen molar-refractivity contribution in [3.05, 3.63) is 52.0 Å². The molecule has 0 unspecified atom stereocenters. The molecule has 2 rings (SSSR count). The molecule has 0 aliphatic rings. The van der Waals surface area contributed by atoms with Crippen molar-refractivity contribution in [3.63, 3.8) is 0 Å². The SMILES string of the molecule is Cc1ccc(C(=O)CS(=O)(=O)c2ccc(F)cc2)s1. The molecule has 1 aromatic heterocycles. The lowest BCUT2D eigenvalue weighted by Crippen LogP contribution is -2.15. The predicted molar refractivity (Wildman–Crippen MR) is 71.8 cm³/mol. The van der Waals surface area contributed by atoms with Gasteiger partial charge in [-0.1, -0.05) is 0 Å². The quantitative estimate of drug-likeness (QED) is 0.644. The molecule has 0 spiro atoms. The van der Waals surface area contributed by atoms with Gasteiger partial charge < -0.3 is 0 Å². The molecule has 0 radical (unpaired) electrons. The molecular formula is C13H11FO3S2. The number of carbonyl (C=O) groups excluding carboxylic acids is 1. The van der Waals surface area contributed by atoms with Crippen LogP contribution in [0.1, 0.15) is 14.5 Å². The average Bonchev–Trinajstić information content (AvgIpc) is 2.76. The zero-order valence-electron chi connectivity index (χ0n) is 10.1. The highest BCUT2D eigenvalue weighted by Crippen LogP contribution is 2.18. The van der Waals surface area contributed by atoms with Crippen LogP contribution in [-0.2, 0) is 9.84 Å². The summed E-state index contributed by atoms with van der Waals surface area (Å²) in [5, 5.41) is 0. The van der Waals surface area contributed by atoms with Gasteiger partial charge in [-0.25, -0.2) is 12.8 Å². The van der Waals surface area contributed by atoms with E-state index in [9.17, 15) is 17.6 Å². The van der Waals surface area contributed by atoms with Crippen LogP contribution in [0.3, 0.4) is 0 Å². The Morgan fingerprint density at radius 1 is 1.16 bits per heavy atom. The van der Waals surface area contributed by atoms with Crippen LogP contribution in [0.5, 0.6) is 0 Å². The molecule has 0 aliphatic carbocycles. The average molecular weight is 298 g/mol. The Bertz CT molecular complexity index is 700. The number of Topliss-reactive ketones (excluding diaryl/α,β-unsaturated/α-hetero) is 1. The number of aryl methyl sites for hydroxylation is 1. The smallest absolute Gasteiger partial charge is 0.188 e. The van der Waals surface area contributed by atoms with Crippen molar-refractivity contribution in [2.24, 2.45) is 0 Å². The molecule has 100 valence electrons. The first-order valence-corrected chi connectivity index (χ1v) is 7.93. The fourth-order valence-corrected chi connectivity index (χ4v) is 3.67. The summed E-state index contributed by atoms with van der Waals surface area (Å²) in [5.41, 5.74) is 0. The minimum Gasteiger partial charge on any atom is -0.292 e. The first kappa shape index (κ1) is 13.9. The molecule has 0 atom stereocenters. The van der Waals surface area contributed by atoms with E-state index in [2.05, 4.69) is 0 Å². The second kappa shape index (κ2) is 5.22. The van der Waals surface area contributed by atoms with Crippen molar-refractivity contribution in [1.29, 1.82) is 0 Å². The number of hydrogen-bond donors (Lipinski definition) is 0. The highest BCUT2D eigenvalue weighted by Gasteiger charge is 2.21. The molecule has 3 nitrogen and oxygen atoms in total. The standard InChI is InChI=1S/C13H11FO3S2/c1-9-2-7-13(18-9)12(15)8-19(16,17)11-5-3-10(14)4-6-11/h2-7H,8H2,1H3. The highest BCUT2D eigenvalue weighted by molar-refractivity contribution is 7.92. The third-order valence-corrected chi connectivity index (χ3v) is 5.18. The van der Waals surface area contributed by atoms with Crippen molar-refractivity contribution < 1.29 is 17.6 Å². The summed E-state index contributed by atoms with van der Waals surface area (Å²) in [4.78, 5) is 13.2. The van der Waals surface area contributed by atoms with E-state index < -0.39 is 27.2 Å². The fourth-order valence-electron chi connectivity index (χ4n) is 1.55. The van der Waals surface area contributed by atoms with Crippen molar-refractivity contribution in [1.82, 2.24) is 0 Å². The number of hydrogen-bond acceptors (Lipinski definition) is 4. The van der Waals surface area contributed by atoms with Gasteiger partial charge in [0.25, 0.3) is 0 Å². The zero-order valence-corrected chi connectivity index (χ0v) is 11.7. The molecule has 0 saturated carbocycles. The summed E-state index contributed by atoms with van der Waals surface area (Å²) in [6, 6.07) is 7.83. The Kier molecular flexibility index (Phi) is 3.82. The third kappa shape index (κ3) is 3.27. The van der Waals surface area contributed by atoms with Gasteiger partial charge >= 0.3 is 0 Å². The maximum Gasteiger partial charge on any atom is 0.188 e. The van der Waals surface area contributed by atoms with Gasteiger partial charge in [0.1, 0.15) is 11.6 Å². The van der Waals surface area contributed by atoms with Crippen LogP contribution in [0.2, 0.25) is 0 Å². The molecule has 0 saturated heterocycles. The van der Waals surface area contributed by atoms with Gasteiger partial charge in [0.2, 0.25) is 0 Å². The van der Waals surface area contributed by atoms with Crippen LogP contribution in [0.25, 0.3) is 0 Å². The summed E-state index contributed by atoms with van der Waals surface area (Å²) in [6.45, 7) is 1.84. The first-order chi connectivity index (χ1) is 8.88. The number of halogens is 1. The minimum absolute atomic E-state index is 0.0458. The Labute approximate surface area is 114 Å². The normalized spacial score (nSPS) is 11.5. The van der Waals surface area contributed by atoms with Crippen molar-refractivity contribution >= 4 is 27.0 Å². The lowest BCUT2D eigenvalue weighted by atomic mass is 10.3. The number of thiophene rings is 1. The molecule has 0 bridgehead atoms. The van der Waals surface area contributed by atoms with Crippen LogP contribution in [0.15, 0.2) is 41.3 Å². The van der Waals surface area contributed by atoms with Crippen LogP contribution in [0.4, 0.5) is 4.39 Å². The number of ketones is 1. The van der Waals surface area contributed by atoms with Crippen molar-refractivity contribution in [3.8, 4) is 0 Å². The van der Waals surface area contributed by atoms with Crippen LogP contribution in [-0.4, -0.2) is 20.0 Å². The van der Waals surface area contributed by atoms with Gasteiger partial charge in [0, 0.05) is 4.88 Å². The largest absolute Gasteiger partial charge is 0.292 e. The molecule has 1 aromatic carbocycles. The van der Waals surface area contributed by atoms with Crippen molar-refractivity contribution in [2.45, 2.75) is 11.8 Å². The highest BCUT2D eigenvalue weighted by atomic mass is 32.2. The van der Waals surface area contributed by atoms with E-state index in [1.54, 1.807) is 12.1 Å². The summed E-state index contributed by atoms with van der Waals surface area (Å²) < 4.78 is 36.7. The zero-order chi connectivity index (χ0) is 14.0. The molecule has 0 aliphatic heterocycles. The molecule has 1 heterocycles. The number of carbonyl (C=O) groups is 1. The Balaban J connectivity index is 2.22. The Morgan fingerprint density at radius 2 is 1.79 bits per heavy atom. The van der Waals surface area contributed by atoms with Crippen LogP contribution >= 0.6 is 11.3 Å². The molecule has 0 fully saturated rings. The maximum absolute atomic E-state index is 12.7. The summed E-state index contributed by atoms with van der Waals surface area (Å²) in [6.07, 6.45) is 0. The predicted octanol–water partition coefficient (Wildman–Crippen LogP) is 2.85. The molecule has 6 heteroatoms. The maximum atomic E-state index is 12.7. The lowest BCUT2D eigenvalue weighted by Gasteiger charge is -2.02. The van der Waals surface area contributed by atoms with E-state index in [0.29, 0.717) is 4.88 Å². The van der Waals surface area contributed by atoms with E-state index in [-0.39, 0.29) is 4.90 Å². The van der Waals surface area contributed by atoms with E-state index >= 15 is 0 Å². The molecule has 0 N–H and O–H groups in total. The van der Waals surface area contributed by atoms with E-state index in [1.165, 1.54) is 11.3 Å². The second-order valence-electron chi connectivity index (χ2n) is 4.05. The molecular weight excluding hydrogens is 287 g/mol. The monoisotopic (exact) mass is 298 g/mol. The van der Waals surface area contributed by atoms with Gasteiger partial charge in [0.05, 0.1) is 9.77 Å². The Morgan fingerprint density at radius 3 is 2.32 bits per heavy atom. The number of sulfone groups is 1. The molecule has 19 heavy (non-hydrogen) atoms. The fraction of sp³-hybridized carbons (Fsp3) is 0.154. The molecule has 0 amide bonds. The number of rotatable bonds is 4. The lowest BCUT2D eigenvalue weighted by molar-refractivity contribution is 0.102. The van der Waals surface area contributed by atoms with Gasteiger partial charge in [-0.15, -0.1) is 11.3 Å². The summed E-state index contributed by atoms with van der Waals surface area (Å²) in [5.74, 6) is -1.56. The topological polar surface area (TPSA) is 51.2 Å². The third-order valence-electron chi connectivity index (χ3n) is 2.51. The van der Waals surface area contributed by atoms with E-state index in [0.717, 1.165) is 29.1 Å². The van der Waals surface area contributed by atoms with Gasteiger partial charge in [-0.3, -0.25) is 4.79 Å². The van der Waals surface area contributed by atoms with Gasteiger partial charge in [-0.2, -0.15) is 0 Å². The Hall–Kier alpha value is -1.53. The van der Waals surface area contributed by atoms with Crippen LogP contribution in [0, 0.1) is 12.7 Å². The van der Waals surface area contributed by atoms with Gasteiger partial charge in [0.15, 0.2) is 15.6 Å². The first-order valence-electron chi connectivity index (χ1n) is 5.46. The van der Waals surface area contributed by atoms with Crippen LogP contribution < -0.4 is 0 Å². The molecule has 2 aromatic rings. The second-order valence-corrected chi connectivity index (χ2v) is 7.32. The van der Waals surface area contributed by atoms with E-state index in [4.69, 9.17) is 0 Å². The summed E-state index contributed by atoms with van der Waals surface area (Å²) >= 11 is 1.26. The van der Waals surface area contributed by atoms with Gasteiger partial charge in [-0.05, 0) is 43.3 Å². The number of benzene rings is 1.